The third kappa shape index (κ3) is 3.94. The van der Waals surface area contributed by atoms with E-state index in [1.165, 1.54) is 5.56 Å². The fourth-order valence-corrected chi connectivity index (χ4v) is 4.08. The number of nitrogens with two attached hydrogens (primary N) is 1. The van der Waals surface area contributed by atoms with Gasteiger partial charge in [-0.2, -0.15) is 0 Å². The second-order valence-corrected chi connectivity index (χ2v) is 8.02. The normalized spacial score (nSPS) is 19.2. The van der Waals surface area contributed by atoms with Crippen LogP contribution in [0.25, 0.3) is 0 Å². The van der Waals surface area contributed by atoms with Crippen molar-refractivity contribution in [2.24, 2.45) is 5.73 Å². The minimum Gasteiger partial charge on any atom is -0.370 e. The molecule has 0 unspecified atom stereocenters. The van der Waals surface area contributed by atoms with E-state index in [1.54, 1.807) is 0 Å². The summed E-state index contributed by atoms with van der Waals surface area (Å²) in [5.41, 5.74) is 7.95. The minimum absolute atomic E-state index is 0.241. The number of nitrogens with zero attached hydrogens (tertiary/aromatic N) is 1. The minimum atomic E-state index is -2.87. The van der Waals surface area contributed by atoms with E-state index in [4.69, 9.17) is 5.73 Å². The number of sulfone groups is 1. The van der Waals surface area contributed by atoms with Crippen LogP contribution in [0, 0.1) is 0 Å². The van der Waals surface area contributed by atoms with Crippen LogP contribution in [0.2, 0.25) is 0 Å². The third-order valence-electron chi connectivity index (χ3n) is 3.35. The molecule has 1 fully saturated rings. The summed E-state index contributed by atoms with van der Waals surface area (Å²) < 4.78 is 24.3. The van der Waals surface area contributed by atoms with Crippen LogP contribution in [-0.2, 0) is 16.3 Å². The van der Waals surface area contributed by atoms with E-state index in [9.17, 15) is 8.42 Å². The molecule has 6 heteroatoms. The Morgan fingerprint density at radius 1 is 1.26 bits per heavy atom. The average Bonchev–Trinajstić information content (AvgIpc) is 2.51. The highest BCUT2D eigenvalue weighted by Crippen LogP contribution is 2.26. The number of hydrogen-bond donors (Lipinski definition) is 1. The zero-order valence-corrected chi connectivity index (χ0v) is 13.2. The molecule has 1 heterocycles. The average molecular weight is 347 g/mol. The van der Waals surface area contributed by atoms with Crippen LogP contribution in [0.1, 0.15) is 12.0 Å². The molecule has 0 radical (unpaired) electrons. The third-order valence-corrected chi connectivity index (χ3v) is 5.56. The molecular formula is C13H19BrN2O2S. The summed E-state index contributed by atoms with van der Waals surface area (Å²) in [5.74, 6) is 0.539. The first-order valence-corrected chi connectivity index (χ1v) is 9.07. The van der Waals surface area contributed by atoms with Crippen molar-refractivity contribution in [1.82, 2.24) is 0 Å². The van der Waals surface area contributed by atoms with Crippen molar-refractivity contribution in [2.45, 2.75) is 12.8 Å². The lowest BCUT2D eigenvalue weighted by Crippen LogP contribution is -2.28. The molecule has 0 atom stereocenters. The Balaban J connectivity index is 2.25. The molecule has 4 nitrogen and oxygen atoms in total. The summed E-state index contributed by atoms with van der Waals surface area (Å²) in [7, 11) is -2.87. The standard InChI is InChI=1S/C13H19BrN2O2S/c14-12-2-3-13(11(10-12)4-5-15)16-6-1-8-19(17,18)9-7-16/h2-3,10H,1,4-9,15H2. The van der Waals surface area contributed by atoms with Gasteiger partial charge >= 0.3 is 0 Å². The van der Waals surface area contributed by atoms with Crippen molar-refractivity contribution in [3.05, 3.63) is 28.2 Å². The van der Waals surface area contributed by atoms with Crippen LogP contribution in [0.4, 0.5) is 5.69 Å². The van der Waals surface area contributed by atoms with Crippen molar-refractivity contribution < 1.29 is 8.42 Å². The highest BCUT2D eigenvalue weighted by Gasteiger charge is 2.20. The summed E-state index contributed by atoms with van der Waals surface area (Å²) in [6.07, 6.45) is 1.50. The maximum atomic E-state index is 11.7. The monoisotopic (exact) mass is 346 g/mol. The van der Waals surface area contributed by atoms with E-state index in [-0.39, 0.29) is 5.75 Å². The molecule has 0 amide bonds. The zero-order chi connectivity index (χ0) is 13.9. The Hall–Kier alpha value is -0.590. The van der Waals surface area contributed by atoms with Gasteiger partial charge in [-0.15, -0.1) is 0 Å². The topological polar surface area (TPSA) is 63.4 Å². The first kappa shape index (κ1) is 14.8. The van der Waals surface area contributed by atoms with Gasteiger partial charge in [-0.05, 0) is 43.1 Å². The molecule has 1 aromatic rings. The van der Waals surface area contributed by atoms with Gasteiger partial charge in [0.25, 0.3) is 0 Å². The first-order valence-electron chi connectivity index (χ1n) is 6.46. The summed E-state index contributed by atoms with van der Waals surface area (Å²) in [5, 5.41) is 0. The van der Waals surface area contributed by atoms with Gasteiger partial charge in [0.2, 0.25) is 0 Å². The molecule has 1 saturated heterocycles. The molecule has 0 spiro atoms. The van der Waals surface area contributed by atoms with Gasteiger partial charge in [-0.1, -0.05) is 15.9 Å². The summed E-state index contributed by atoms with van der Waals surface area (Å²) >= 11 is 3.47. The maximum Gasteiger partial charge on any atom is 0.152 e. The summed E-state index contributed by atoms with van der Waals surface area (Å²) in [4.78, 5) is 2.17. The Morgan fingerprint density at radius 3 is 2.79 bits per heavy atom. The Bertz CT molecular complexity index is 546. The molecule has 1 aliphatic heterocycles. The molecule has 106 valence electrons. The van der Waals surface area contributed by atoms with Gasteiger partial charge in [0.15, 0.2) is 9.84 Å². The van der Waals surface area contributed by atoms with Crippen molar-refractivity contribution in [3.8, 4) is 0 Å². The number of rotatable bonds is 3. The Kier molecular flexibility index (Phi) is 4.86. The van der Waals surface area contributed by atoms with Crippen molar-refractivity contribution in [3.63, 3.8) is 0 Å². The van der Waals surface area contributed by atoms with Crippen LogP contribution in [0.15, 0.2) is 22.7 Å². The SMILES string of the molecule is NCCc1cc(Br)ccc1N1CCCS(=O)(=O)CC1. The predicted molar refractivity (Wildman–Crippen MR) is 82.4 cm³/mol. The van der Waals surface area contributed by atoms with Crippen LogP contribution in [-0.4, -0.2) is 39.6 Å². The van der Waals surface area contributed by atoms with Gasteiger partial charge in [0, 0.05) is 23.2 Å². The molecule has 2 rings (SSSR count). The number of halogens is 1. The highest BCUT2D eigenvalue weighted by molar-refractivity contribution is 9.10. The van der Waals surface area contributed by atoms with Crippen molar-refractivity contribution >= 4 is 31.5 Å². The van der Waals surface area contributed by atoms with Gasteiger partial charge in [0.05, 0.1) is 11.5 Å². The quantitative estimate of drug-likeness (QED) is 0.902. The lowest BCUT2D eigenvalue weighted by atomic mass is 10.1. The smallest absolute Gasteiger partial charge is 0.152 e. The number of hydrogen-bond acceptors (Lipinski definition) is 4. The summed E-state index contributed by atoms with van der Waals surface area (Å²) in [6, 6.07) is 6.11. The first-order chi connectivity index (χ1) is 9.02. The second-order valence-electron chi connectivity index (χ2n) is 4.80. The van der Waals surface area contributed by atoms with Crippen LogP contribution >= 0.6 is 15.9 Å². The van der Waals surface area contributed by atoms with Crippen LogP contribution in [0.5, 0.6) is 0 Å². The molecular weight excluding hydrogens is 328 g/mol. The van der Waals surface area contributed by atoms with Gasteiger partial charge in [-0.3, -0.25) is 0 Å². The lowest BCUT2D eigenvalue weighted by Gasteiger charge is -2.25. The van der Waals surface area contributed by atoms with E-state index in [1.807, 2.05) is 12.1 Å². The highest BCUT2D eigenvalue weighted by atomic mass is 79.9. The number of benzene rings is 1. The Morgan fingerprint density at radius 2 is 2.05 bits per heavy atom. The molecule has 1 aliphatic rings. The second kappa shape index (κ2) is 6.24. The molecule has 0 aliphatic carbocycles. The zero-order valence-electron chi connectivity index (χ0n) is 10.8. The fraction of sp³-hybridized carbons (Fsp3) is 0.538. The van der Waals surface area contributed by atoms with E-state index in [2.05, 4.69) is 26.9 Å². The Labute approximate surface area is 123 Å². The summed E-state index contributed by atoms with van der Waals surface area (Å²) in [6.45, 7) is 1.95. The largest absolute Gasteiger partial charge is 0.370 e. The van der Waals surface area contributed by atoms with E-state index >= 15 is 0 Å². The molecule has 2 N–H and O–H groups in total. The van der Waals surface area contributed by atoms with E-state index in [0.29, 0.717) is 25.3 Å². The van der Waals surface area contributed by atoms with E-state index < -0.39 is 9.84 Å². The molecule has 1 aromatic carbocycles. The van der Waals surface area contributed by atoms with Gasteiger partial charge in [0.1, 0.15) is 0 Å². The lowest BCUT2D eigenvalue weighted by molar-refractivity contribution is 0.597. The number of anilines is 1. The van der Waals surface area contributed by atoms with Crippen molar-refractivity contribution in [2.75, 3.05) is 36.0 Å². The van der Waals surface area contributed by atoms with Crippen LogP contribution in [0.3, 0.4) is 0 Å². The van der Waals surface area contributed by atoms with E-state index in [0.717, 1.165) is 23.1 Å². The van der Waals surface area contributed by atoms with Crippen molar-refractivity contribution in [1.29, 1.82) is 0 Å². The predicted octanol–water partition coefficient (Wildman–Crippen LogP) is 1.58. The molecule has 0 aromatic heterocycles. The van der Waals surface area contributed by atoms with Crippen LogP contribution < -0.4 is 10.6 Å². The molecule has 0 saturated carbocycles. The molecule has 19 heavy (non-hydrogen) atoms. The fourth-order valence-electron chi connectivity index (χ4n) is 2.40. The van der Waals surface area contributed by atoms with Gasteiger partial charge in [-0.25, -0.2) is 8.42 Å². The maximum absolute atomic E-state index is 11.7. The van der Waals surface area contributed by atoms with Gasteiger partial charge < -0.3 is 10.6 Å². The molecule has 0 bridgehead atoms.